The molecule has 1 saturated heterocycles. The summed E-state index contributed by atoms with van der Waals surface area (Å²) in [5, 5.41) is 2.96. The summed E-state index contributed by atoms with van der Waals surface area (Å²) in [5.41, 5.74) is 1.63. The topological polar surface area (TPSA) is 58.6 Å². The van der Waals surface area contributed by atoms with Gasteiger partial charge in [0.2, 0.25) is 5.91 Å². The molecule has 3 atom stereocenters. The van der Waals surface area contributed by atoms with E-state index in [1.807, 2.05) is 67.3 Å². The van der Waals surface area contributed by atoms with Gasteiger partial charge in [0, 0.05) is 12.1 Å². The number of morpholine rings is 1. The molecule has 5 heteroatoms. The first-order valence-electron chi connectivity index (χ1n) is 9.91. The molecule has 0 bridgehead atoms. The zero-order valence-electron chi connectivity index (χ0n) is 16.5. The molecule has 28 heavy (non-hydrogen) atoms. The normalized spacial score (nSPS) is 18.9. The highest BCUT2D eigenvalue weighted by Crippen LogP contribution is 2.23. The van der Waals surface area contributed by atoms with Crippen molar-refractivity contribution in [3.05, 3.63) is 71.8 Å². The first kappa shape index (κ1) is 20.1. The zero-order valence-corrected chi connectivity index (χ0v) is 16.5. The smallest absolute Gasteiger partial charge is 0.251 e. The van der Waals surface area contributed by atoms with Gasteiger partial charge in [-0.3, -0.25) is 9.59 Å². The van der Waals surface area contributed by atoms with Crippen LogP contribution in [0.1, 0.15) is 42.3 Å². The second-order valence-corrected chi connectivity index (χ2v) is 7.26. The highest BCUT2D eigenvalue weighted by Gasteiger charge is 2.33. The maximum atomic E-state index is 13.3. The van der Waals surface area contributed by atoms with Gasteiger partial charge < -0.3 is 15.0 Å². The summed E-state index contributed by atoms with van der Waals surface area (Å²) < 4.78 is 5.88. The van der Waals surface area contributed by atoms with Crippen LogP contribution in [-0.4, -0.2) is 42.5 Å². The molecule has 1 aliphatic heterocycles. The van der Waals surface area contributed by atoms with Crippen LogP contribution >= 0.6 is 0 Å². The summed E-state index contributed by atoms with van der Waals surface area (Å²) in [6, 6.07) is 18.4. The molecule has 1 N–H and O–H groups in total. The van der Waals surface area contributed by atoms with Gasteiger partial charge in [0.15, 0.2) is 0 Å². The molecular weight excluding hydrogens is 352 g/mol. The third-order valence-corrected chi connectivity index (χ3v) is 5.35. The van der Waals surface area contributed by atoms with E-state index in [9.17, 15) is 9.59 Å². The first-order valence-corrected chi connectivity index (χ1v) is 9.91. The van der Waals surface area contributed by atoms with Crippen LogP contribution in [0.25, 0.3) is 0 Å². The minimum Gasteiger partial charge on any atom is -0.370 e. The number of rotatable bonds is 6. The van der Waals surface area contributed by atoms with E-state index in [4.69, 9.17) is 4.74 Å². The van der Waals surface area contributed by atoms with Crippen LogP contribution in [0.15, 0.2) is 60.7 Å². The van der Waals surface area contributed by atoms with Crippen LogP contribution in [-0.2, 0) is 9.53 Å². The van der Waals surface area contributed by atoms with Crippen molar-refractivity contribution in [1.82, 2.24) is 10.2 Å². The maximum absolute atomic E-state index is 13.3. The van der Waals surface area contributed by atoms with Crippen LogP contribution < -0.4 is 5.32 Å². The molecule has 2 aromatic rings. The Balaban J connectivity index is 1.73. The van der Waals surface area contributed by atoms with Crippen molar-refractivity contribution in [2.45, 2.75) is 32.4 Å². The molecule has 148 valence electrons. The van der Waals surface area contributed by atoms with E-state index in [0.717, 1.165) is 12.0 Å². The van der Waals surface area contributed by atoms with Gasteiger partial charge in [-0.05, 0) is 23.6 Å². The third kappa shape index (κ3) is 4.78. The van der Waals surface area contributed by atoms with Crippen LogP contribution in [0, 0.1) is 5.92 Å². The minimum absolute atomic E-state index is 0.0390. The molecule has 1 aliphatic rings. The summed E-state index contributed by atoms with van der Waals surface area (Å²) in [6.45, 7) is 5.56. The van der Waals surface area contributed by atoms with E-state index >= 15 is 0 Å². The second kappa shape index (κ2) is 9.51. The average molecular weight is 380 g/mol. The Labute approximate surface area is 166 Å². The molecule has 0 spiro atoms. The van der Waals surface area contributed by atoms with Gasteiger partial charge in [0.25, 0.3) is 5.91 Å². The Bertz CT molecular complexity index is 779. The lowest BCUT2D eigenvalue weighted by atomic mass is 9.96. The Hall–Kier alpha value is -2.66. The monoisotopic (exact) mass is 380 g/mol. The van der Waals surface area contributed by atoms with E-state index < -0.39 is 6.04 Å². The molecule has 0 saturated carbocycles. The number of nitrogens with zero attached hydrogens (tertiary/aromatic N) is 1. The van der Waals surface area contributed by atoms with Gasteiger partial charge in [0.1, 0.15) is 12.1 Å². The minimum atomic E-state index is -0.549. The number of carbonyl (C=O) groups is 2. The second-order valence-electron chi connectivity index (χ2n) is 7.26. The van der Waals surface area contributed by atoms with Gasteiger partial charge in [-0.2, -0.15) is 0 Å². The van der Waals surface area contributed by atoms with E-state index in [-0.39, 0.29) is 23.8 Å². The van der Waals surface area contributed by atoms with Gasteiger partial charge in [-0.1, -0.05) is 68.8 Å². The lowest BCUT2D eigenvalue weighted by Gasteiger charge is -2.36. The summed E-state index contributed by atoms with van der Waals surface area (Å²) >= 11 is 0. The zero-order chi connectivity index (χ0) is 19.9. The van der Waals surface area contributed by atoms with Crippen molar-refractivity contribution in [1.29, 1.82) is 0 Å². The predicted molar refractivity (Wildman–Crippen MR) is 109 cm³/mol. The van der Waals surface area contributed by atoms with Gasteiger partial charge >= 0.3 is 0 Å². The molecule has 0 aliphatic carbocycles. The quantitative estimate of drug-likeness (QED) is 0.835. The molecule has 0 radical (unpaired) electrons. The fraction of sp³-hybridized carbons (Fsp3) is 0.391. The molecular formula is C23H28N2O3. The number of carbonyl (C=O) groups excluding carboxylic acids is 2. The van der Waals surface area contributed by atoms with Crippen LogP contribution in [0.3, 0.4) is 0 Å². The molecule has 3 rings (SSSR count). The fourth-order valence-corrected chi connectivity index (χ4v) is 3.41. The Kier molecular flexibility index (Phi) is 6.82. The average Bonchev–Trinajstić information content (AvgIpc) is 2.77. The van der Waals surface area contributed by atoms with Crippen molar-refractivity contribution >= 4 is 11.8 Å². The molecule has 5 nitrogen and oxygen atoms in total. The molecule has 0 aromatic heterocycles. The van der Waals surface area contributed by atoms with E-state index in [1.54, 1.807) is 12.1 Å². The third-order valence-electron chi connectivity index (χ3n) is 5.35. The summed E-state index contributed by atoms with van der Waals surface area (Å²) in [6.07, 6.45) is 0.666. The summed E-state index contributed by atoms with van der Waals surface area (Å²) in [7, 11) is 0. The SMILES string of the molecule is CCC(C)C(NC(=O)c1ccccc1)C(=O)N1CCOC(c2ccccc2)C1. The lowest BCUT2D eigenvalue weighted by molar-refractivity contribution is -0.142. The van der Waals surface area contributed by atoms with Gasteiger partial charge in [0.05, 0.1) is 13.2 Å². The van der Waals surface area contributed by atoms with Crippen LogP contribution in [0.4, 0.5) is 0 Å². The van der Waals surface area contributed by atoms with Crippen molar-refractivity contribution < 1.29 is 14.3 Å². The number of hydrogen-bond acceptors (Lipinski definition) is 3. The summed E-state index contributed by atoms with van der Waals surface area (Å²) in [4.78, 5) is 27.8. The predicted octanol–water partition coefficient (Wildman–Crippen LogP) is 3.43. The molecule has 3 unspecified atom stereocenters. The van der Waals surface area contributed by atoms with E-state index in [1.165, 1.54) is 0 Å². The van der Waals surface area contributed by atoms with Crippen LogP contribution in [0.5, 0.6) is 0 Å². The van der Waals surface area contributed by atoms with Crippen molar-refractivity contribution in [3.63, 3.8) is 0 Å². The number of benzene rings is 2. The largest absolute Gasteiger partial charge is 0.370 e. The highest BCUT2D eigenvalue weighted by molar-refractivity contribution is 5.97. The molecule has 1 heterocycles. The van der Waals surface area contributed by atoms with Crippen LogP contribution in [0.2, 0.25) is 0 Å². The first-order chi connectivity index (χ1) is 13.6. The highest BCUT2D eigenvalue weighted by atomic mass is 16.5. The van der Waals surface area contributed by atoms with Gasteiger partial charge in [-0.25, -0.2) is 0 Å². The standard InChI is InChI=1S/C23H28N2O3/c1-3-17(2)21(24-22(26)19-12-8-5-9-13-19)23(27)25-14-15-28-20(16-25)18-10-6-4-7-11-18/h4-13,17,20-21H,3,14-16H2,1-2H3,(H,24,26). The van der Waals surface area contributed by atoms with E-state index in [2.05, 4.69) is 5.32 Å². The number of nitrogens with one attached hydrogen (secondary N) is 1. The Morgan fingerprint density at radius 1 is 1.11 bits per heavy atom. The number of amides is 2. The molecule has 1 fully saturated rings. The summed E-state index contributed by atoms with van der Waals surface area (Å²) in [5.74, 6) is -0.215. The molecule has 2 amide bonds. The van der Waals surface area contributed by atoms with E-state index in [0.29, 0.717) is 25.3 Å². The maximum Gasteiger partial charge on any atom is 0.251 e. The Morgan fingerprint density at radius 2 is 1.75 bits per heavy atom. The van der Waals surface area contributed by atoms with Crippen molar-refractivity contribution in [2.75, 3.05) is 19.7 Å². The lowest BCUT2D eigenvalue weighted by Crippen LogP contribution is -2.54. The van der Waals surface area contributed by atoms with Gasteiger partial charge in [-0.15, -0.1) is 0 Å². The number of hydrogen-bond donors (Lipinski definition) is 1. The van der Waals surface area contributed by atoms with Crippen molar-refractivity contribution in [3.8, 4) is 0 Å². The van der Waals surface area contributed by atoms with Crippen molar-refractivity contribution in [2.24, 2.45) is 5.92 Å². The fourth-order valence-electron chi connectivity index (χ4n) is 3.41. The Morgan fingerprint density at radius 3 is 2.39 bits per heavy atom. The molecule has 2 aromatic carbocycles. The number of ether oxygens (including phenoxy) is 1.